The van der Waals surface area contributed by atoms with Gasteiger partial charge >= 0.3 is 5.69 Å². The van der Waals surface area contributed by atoms with Gasteiger partial charge in [-0.15, -0.1) is 0 Å². The molecule has 11 heteroatoms. The number of hydrogen-bond donors (Lipinski definition) is 1. The molecule has 116 valence electrons. The molecule has 1 aliphatic heterocycles. The van der Waals surface area contributed by atoms with Crippen molar-refractivity contribution in [2.45, 2.75) is 24.5 Å². The highest BCUT2D eigenvalue weighted by atomic mass is 32.2. The first-order valence-electron chi connectivity index (χ1n) is 6.56. The van der Waals surface area contributed by atoms with Gasteiger partial charge in [0, 0.05) is 26.1 Å². The second kappa shape index (κ2) is 5.39. The number of nitrogens with zero attached hydrogens (tertiary/aromatic N) is 6. The molecule has 1 N–H and O–H groups in total. The van der Waals surface area contributed by atoms with Gasteiger partial charge in [0.2, 0.25) is 0 Å². The fourth-order valence-corrected chi connectivity index (χ4v) is 3.70. The van der Waals surface area contributed by atoms with Gasteiger partial charge in [-0.25, -0.2) is 18.2 Å². The smallest absolute Gasteiger partial charge is 0.335 e. The van der Waals surface area contributed by atoms with Crippen LogP contribution in [0.4, 0.5) is 0 Å². The van der Waals surface area contributed by atoms with E-state index in [0.29, 0.717) is 12.2 Å². The number of fused-ring (bicyclic) bond motifs is 1. The number of nitriles is 1. The Hall–Kier alpha value is -2.45. The summed E-state index contributed by atoms with van der Waals surface area (Å²) in [5, 5.41) is 12.8. The lowest BCUT2D eigenvalue weighted by Crippen LogP contribution is -2.35. The summed E-state index contributed by atoms with van der Waals surface area (Å²) in [6, 6.07) is 1.87. The van der Waals surface area contributed by atoms with E-state index in [1.807, 2.05) is 6.07 Å². The van der Waals surface area contributed by atoms with Crippen molar-refractivity contribution in [1.29, 1.82) is 5.26 Å². The third-order valence-corrected chi connectivity index (χ3v) is 5.29. The average molecular weight is 323 g/mol. The van der Waals surface area contributed by atoms with Crippen LogP contribution in [0.5, 0.6) is 0 Å². The van der Waals surface area contributed by atoms with E-state index in [0.717, 1.165) is 4.68 Å². The first-order valence-corrected chi connectivity index (χ1v) is 8.00. The summed E-state index contributed by atoms with van der Waals surface area (Å²) >= 11 is 0. The van der Waals surface area contributed by atoms with Gasteiger partial charge < -0.3 is 4.98 Å². The minimum Gasteiger partial charge on any atom is -0.335 e. The molecule has 0 saturated carbocycles. The Balaban J connectivity index is 1.86. The molecule has 0 amide bonds. The van der Waals surface area contributed by atoms with Gasteiger partial charge in [-0.1, -0.05) is 0 Å². The molecule has 0 fully saturated rings. The fourth-order valence-electron chi connectivity index (χ4n) is 2.38. The van der Waals surface area contributed by atoms with Crippen LogP contribution in [-0.2, 0) is 29.5 Å². The Kier molecular flexibility index (Phi) is 3.55. The fraction of sp³-hybridized carbons (Fsp3) is 0.455. The van der Waals surface area contributed by atoms with Crippen LogP contribution in [0.3, 0.4) is 0 Å². The Morgan fingerprint density at radius 1 is 1.36 bits per heavy atom. The molecule has 0 atom stereocenters. The molecule has 3 heterocycles. The highest BCUT2D eigenvalue weighted by molar-refractivity contribution is 7.89. The largest absolute Gasteiger partial charge is 0.346 e. The molecule has 0 saturated heterocycles. The van der Waals surface area contributed by atoms with Crippen LogP contribution in [0.1, 0.15) is 5.82 Å². The van der Waals surface area contributed by atoms with Gasteiger partial charge in [0.05, 0.1) is 18.6 Å². The van der Waals surface area contributed by atoms with Crippen molar-refractivity contribution >= 4 is 10.0 Å². The van der Waals surface area contributed by atoms with Crippen molar-refractivity contribution in [1.82, 2.24) is 28.6 Å². The molecule has 10 nitrogen and oxygen atoms in total. The van der Waals surface area contributed by atoms with Gasteiger partial charge in [-0.3, -0.25) is 4.57 Å². The molecule has 0 radical (unpaired) electrons. The first-order chi connectivity index (χ1) is 10.5. The van der Waals surface area contributed by atoms with Crippen molar-refractivity contribution in [3.8, 4) is 6.07 Å². The average Bonchev–Trinajstić information content (AvgIpc) is 3.06. The number of sulfonamides is 1. The van der Waals surface area contributed by atoms with Crippen LogP contribution in [-0.4, -0.2) is 50.1 Å². The second-order valence-electron chi connectivity index (χ2n) is 4.74. The van der Waals surface area contributed by atoms with Crippen molar-refractivity contribution in [3.05, 3.63) is 28.8 Å². The Morgan fingerprint density at radius 3 is 2.86 bits per heavy atom. The molecule has 2 aromatic rings. The normalized spacial score (nSPS) is 16.0. The summed E-state index contributed by atoms with van der Waals surface area (Å²) in [4.78, 5) is 18.4. The van der Waals surface area contributed by atoms with Gasteiger partial charge in [-0.05, 0) is 0 Å². The lowest BCUT2D eigenvalue weighted by atomic mass is 10.4. The van der Waals surface area contributed by atoms with E-state index in [4.69, 9.17) is 5.26 Å². The van der Waals surface area contributed by atoms with Gasteiger partial charge in [-0.2, -0.15) is 19.3 Å². The summed E-state index contributed by atoms with van der Waals surface area (Å²) in [6.45, 7) is 0.457. The van der Waals surface area contributed by atoms with Crippen LogP contribution >= 0.6 is 0 Å². The molecule has 0 unspecified atom stereocenters. The van der Waals surface area contributed by atoms with Crippen molar-refractivity contribution in [3.63, 3.8) is 0 Å². The Labute approximate surface area is 125 Å². The van der Waals surface area contributed by atoms with Gasteiger partial charge in [0.15, 0.2) is 5.03 Å². The standard InChI is InChI=1S/C11H13N7O3S/c12-2-4-18-11(19)17-6-5-16(3-1-9(17)15-18)22(20,21)10-7-13-8-14-10/h7-8H,1,3-6H2,(H,13,14). The maximum Gasteiger partial charge on any atom is 0.346 e. The molecule has 3 rings (SSSR count). The number of imidazole rings is 1. The number of rotatable bonds is 3. The molecule has 0 spiro atoms. The number of H-pyrrole nitrogens is 1. The van der Waals surface area contributed by atoms with E-state index in [-0.39, 0.29) is 31.2 Å². The third kappa shape index (κ3) is 2.32. The lowest BCUT2D eigenvalue weighted by molar-refractivity contribution is 0.409. The van der Waals surface area contributed by atoms with Gasteiger partial charge in [0.1, 0.15) is 12.4 Å². The lowest BCUT2D eigenvalue weighted by Gasteiger charge is -2.18. The van der Waals surface area contributed by atoms with E-state index < -0.39 is 15.7 Å². The summed E-state index contributed by atoms with van der Waals surface area (Å²) in [5.41, 5.74) is -0.391. The molecular formula is C11H13N7O3S. The summed E-state index contributed by atoms with van der Waals surface area (Å²) in [7, 11) is -3.66. The first kappa shape index (κ1) is 14.5. The monoisotopic (exact) mass is 323 g/mol. The molecule has 0 aliphatic carbocycles. The van der Waals surface area contributed by atoms with Crippen LogP contribution in [0.25, 0.3) is 0 Å². The summed E-state index contributed by atoms with van der Waals surface area (Å²) in [5.74, 6) is 0.488. The van der Waals surface area contributed by atoms with Crippen LogP contribution in [0, 0.1) is 11.3 Å². The van der Waals surface area contributed by atoms with E-state index in [1.54, 1.807) is 0 Å². The highest BCUT2D eigenvalue weighted by Crippen LogP contribution is 2.15. The van der Waals surface area contributed by atoms with Crippen molar-refractivity contribution < 1.29 is 8.42 Å². The van der Waals surface area contributed by atoms with Crippen molar-refractivity contribution in [2.75, 3.05) is 13.1 Å². The Bertz CT molecular complexity index is 872. The number of nitrogens with one attached hydrogen (secondary N) is 1. The van der Waals surface area contributed by atoms with Crippen LogP contribution in [0.2, 0.25) is 0 Å². The van der Waals surface area contributed by atoms with Crippen molar-refractivity contribution in [2.24, 2.45) is 0 Å². The SMILES string of the molecule is N#CCn1nc2n(c1=O)CCN(S(=O)(=O)c1cnc[nH]1)CC2. The Morgan fingerprint density at radius 2 is 2.18 bits per heavy atom. The molecule has 22 heavy (non-hydrogen) atoms. The highest BCUT2D eigenvalue weighted by Gasteiger charge is 2.29. The van der Waals surface area contributed by atoms with Crippen LogP contribution < -0.4 is 5.69 Å². The molecule has 2 aromatic heterocycles. The molecule has 0 bridgehead atoms. The van der Waals surface area contributed by atoms with E-state index in [2.05, 4.69) is 15.1 Å². The minimum absolute atomic E-state index is 0.0222. The third-order valence-electron chi connectivity index (χ3n) is 3.47. The van der Waals surface area contributed by atoms with Gasteiger partial charge in [0.25, 0.3) is 10.0 Å². The number of aromatic amines is 1. The maximum absolute atomic E-state index is 12.4. The molecular weight excluding hydrogens is 310 g/mol. The number of hydrogen-bond acceptors (Lipinski definition) is 6. The number of aromatic nitrogens is 5. The zero-order valence-corrected chi connectivity index (χ0v) is 12.3. The van der Waals surface area contributed by atoms with E-state index in [9.17, 15) is 13.2 Å². The zero-order valence-electron chi connectivity index (χ0n) is 11.5. The van der Waals surface area contributed by atoms with E-state index in [1.165, 1.54) is 21.4 Å². The maximum atomic E-state index is 12.4. The minimum atomic E-state index is -3.66. The molecule has 1 aliphatic rings. The zero-order chi connectivity index (χ0) is 15.7. The summed E-state index contributed by atoms with van der Waals surface area (Å²) < 4.78 is 28.7. The van der Waals surface area contributed by atoms with Crippen LogP contribution in [0.15, 0.2) is 22.3 Å². The second-order valence-corrected chi connectivity index (χ2v) is 6.64. The van der Waals surface area contributed by atoms with E-state index >= 15 is 0 Å². The predicted octanol–water partition coefficient (Wildman–Crippen LogP) is -1.46. The summed E-state index contributed by atoms with van der Waals surface area (Å²) in [6.07, 6.45) is 2.86. The molecule has 0 aromatic carbocycles. The predicted molar refractivity (Wildman–Crippen MR) is 73.2 cm³/mol. The quantitative estimate of drug-likeness (QED) is 0.734. The topological polar surface area (TPSA) is 130 Å².